The summed E-state index contributed by atoms with van der Waals surface area (Å²) in [4.78, 5) is 13.6. The largest absolute Gasteiger partial charge is 0.496 e. The van der Waals surface area contributed by atoms with Gasteiger partial charge in [0.2, 0.25) is 0 Å². The van der Waals surface area contributed by atoms with E-state index in [2.05, 4.69) is 11.8 Å². The van der Waals surface area contributed by atoms with E-state index in [1.54, 1.807) is 12.1 Å². The van der Waals surface area contributed by atoms with Gasteiger partial charge in [0, 0.05) is 19.7 Å². The van der Waals surface area contributed by atoms with Gasteiger partial charge in [-0.1, -0.05) is 13.0 Å². The third-order valence-corrected chi connectivity index (χ3v) is 3.92. The van der Waals surface area contributed by atoms with E-state index in [0.717, 1.165) is 51.1 Å². The van der Waals surface area contributed by atoms with Crippen molar-refractivity contribution in [1.29, 1.82) is 0 Å². The van der Waals surface area contributed by atoms with Crippen LogP contribution in [0.5, 0.6) is 5.75 Å². The van der Waals surface area contributed by atoms with E-state index < -0.39 is 5.97 Å². The molecule has 5 nitrogen and oxygen atoms in total. The maximum absolute atomic E-state index is 11.3. The van der Waals surface area contributed by atoms with Crippen LogP contribution in [0.4, 0.5) is 0 Å². The van der Waals surface area contributed by atoms with Gasteiger partial charge in [0.15, 0.2) is 0 Å². The Balaban J connectivity index is 2.00. The fraction of sp³-hybridized carbons (Fsp3) is 0.588. The molecule has 0 amide bonds. The van der Waals surface area contributed by atoms with Gasteiger partial charge in [-0.05, 0) is 43.5 Å². The van der Waals surface area contributed by atoms with Crippen molar-refractivity contribution in [1.82, 2.24) is 4.90 Å². The van der Waals surface area contributed by atoms with Crippen molar-refractivity contribution >= 4 is 5.97 Å². The van der Waals surface area contributed by atoms with Gasteiger partial charge in [0.05, 0.1) is 13.2 Å². The fourth-order valence-corrected chi connectivity index (χ4v) is 2.86. The highest BCUT2D eigenvalue weighted by Gasteiger charge is 2.21. The van der Waals surface area contributed by atoms with Gasteiger partial charge in [-0.2, -0.15) is 0 Å². The minimum Gasteiger partial charge on any atom is -0.496 e. The number of nitrogens with zero attached hydrogens (tertiary/aromatic N) is 1. The summed E-state index contributed by atoms with van der Waals surface area (Å²) in [5.74, 6) is -0.555. The number of piperidine rings is 1. The number of carboxylic acid groups (broad SMARTS) is 1. The second kappa shape index (κ2) is 8.15. The number of likely N-dealkylation sites (tertiary alicyclic amines) is 1. The zero-order valence-corrected chi connectivity index (χ0v) is 13.4. The number of ether oxygens (including phenoxy) is 2. The lowest BCUT2D eigenvalue weighted by molar-refractivity contribution is -0.00224. The van der Waals surface area contributed by atoms with E-state index in [-0.39, 0.29) is 5.56 Å². The maximum Gasteiger partial charge on any atom is 0.339 e. The molecule has 122 valence electrons. The first-order valence-corrected chi connectivity index (χ1v) is 7.88. The summed E-state index contributed by atoms with van der Waals surface area (Å²) in [5, 5.41) is 9.25. The van der Waals surface area contributed by atoms with Gasteiger partial charge in [-0.25, -0.2) is 4.79 Å². The fourth-order valence-electron chi connectivity index (χ4n) is 2.86. The van der Waals surface area contributed by atoms with Crippen LogP contribution in [0.15, 0.2) is 18.2 Å². The van der Waals surface area contributed by atoms with Crippen LogP contribution in [0.3, 0.4) is 0 Å². The minimum atomic E-state index is -0.957. The molecule has 0 bridgehead atoms. The molecule has 0 spiro atoms. The van der Waals surface area contributed by atoms with E-state index in [0.29, 0.717) is 11.9 Å². The van der Waals surface area contributed by atoms with Crippen molar-refractivity contribution in [3.8, 4) is 5.75 Å². The summed E-state index contributed by atoms with van der Waals surface area (Å²) in [7, 11) is 1.49. The number of hydrogen-bond donors (Lipinski definition) is 1. The molecular weight excluding hydrogens is 282 g/mol. The molecule has 0 saturated carbocycles. The number of benzene rings is 1. The van der Waals surface area contributed by atoms with Gasteiger partial charge >= 0.3 is 5.97 Å². The molecule has 1 aliphatic heterocycles. The molecule has 1 fully saturated rings. The molecule has 5 heteroatoms. The van der Waals surface area contributed by atoms with E-state index in [1.165, 1.54) is 7.11 Å². The van der Waals surface area contributed by atoms with Gasteiger partial charge in [-0.3, -0.25) is 4.90 Å². The topological polar surface area (TPSA) is 59.0 Å². The van der Waals surface area contributed by atoms with Crippen molar-refractivity contribution in [2.45, 2.75) is 38.8 Å². The van der Waals surface area contributed by atoms with Crippen molar-refractivity contribution < 1.29 is 19.4 Å². The summed E-state index contributed by atoms with van der Waals surface area (Å²) < 4.78 is 10.9. The lowest BCUT2D eigenvalue weighted by Gasteiger charge is -2.32. The Morgan fingerprint density at radius 3 is 2.95 bits per heavy atom. The van der Waals surface area contributed by atoms with Crippen LogP contribution in [-0.4, -0.2) is 48.9 Å². The number of carboxylic acids is 1. The Morgan fingerprint density at radius 1 is 1.45 bits per heavy atom. The highest BCUT2D eigenvalue weighted by Crippen LogP contribution is 2.22. The Hall–Kier alpha value is -1.59. The van der Waals surface area contributed by atoms with Crippen LogP contribution in [0.2, 0.25) is 0 Å². The number of rotatable bonds is 7. The van der Waals surface area contributed by atoms with Crippen LogP contribution in [-0.2, 0) is 11.3 Å². The smallest absolute Gasteiger partial charge is 0.339 e. The molecule has 1 aromatic rings. The molecule has 22 heavy (non-hydrogen) atoms. The first-order chi connectivity index (χ1) is 10.6. The second-order valence-electron chi connectivity index (χ2n) is 5.71. The van der Waals surface area contributed by atoms with Gasteiger partial charge in [0.1, 0.15) is 11.3 Å². The summed E-state index contributed by atoms with van der Waals surface area (Å²) in [6.07, 6.45) is 3.57. The first-order valence-electron chi connectivity index (χ1n) is 7.88. The molecule has 1 saturated heterocycles. The third kappa shape index (κ3) is 4.45. The van der Waals surface area contributed by atoms with Crippen LogP contribution in [0.25, 0.3) is 0 Å². The molecule has 1 atom stereocenters. The molecule has 0 aliphatic carbocycles. The Kier molecular flexibility index (Phi) is 6.21. The summed E-state index contributed by atoms with van der Waals surface area (Å²) in [6.45, 7) is 5.61. The van der Waals surface area contributed by atoms with Gasteiger partial charge < -0.3 is 14.6 Å². The van der Waals surface area contributed by atoms with Crippen LogP contribution >= 0.6 is 0 Å². The monoisotopic (exact) mass is 307 g/mol. The molecule has 1 aliphatic rings. The van der Waals surface area contributed by atoms with E-state index in [9.17, 15) is 9.90 Å². The highest BCUT2D eigenvalue weighted by molar-refractivity contribution is 5.91. The van der Waals surface area contributed by atoms with Crippen molar-refractivity contribution in [3.05, 3.63) is 29.3 Å². The predicted octanol–water partition coefficient (Wildman–Crippen LogP) is 2.78. The molecule has 2 rings (SSSR count). The molecule has 1 N–H and O–H groups in total. The van der Waals surface area contributed by atoms with Gasteiger partial charge in [-0.15, -0.1) is 0 Å². The average Bonchev–Trinajstić information content (AvgIpc) is 2.53. The lowest BCUT2D eigenvalue weighted by Crippen LogP contribution is -2.39. The molecule has 0 unspecified atom stereocenters. The van der Waals surface area contributed by atoms with E-state index in [1.807, 2.05) is 6.07 Å². The Bertz CT molecular complexity index is 503. The standard InChI is InChI=1S/C17H25NO4/c1-3-9-22-14-5-4-8-18(12-14)11-13-6-7-16(21-2)15(10-13)17(19)20/h6-7,10,14H,3-5,8-9,11-12H2,1-2H3,(H,19,20)/t14-/m0/s1. The molecular formula is C17H25NO4. The van der Waals surface area contributed by atoms with Crippen LogP contribution < -0.4 is 4.74 Å². The summed E-state index contributed by atoms with van der Waals surface area (Å²) in [5.41, 5.74) is 1.21. The summed E-state index contributed by atoms with van der Waals surface area (Å²) >= 11 is 0. The minimum absolute atomic E-state index is 0.218. The maximum atomic E-state index is 11.3. The SMILES string of the molecule is CCCO[C@H]1CCCN(Cc2ccc(OC)c(C(=O)O)c2)C1. The lowest BCUT2D eigenvalue weighted by atomic mass is 10.1. The third-order valence-electron chi connectivity index (χ3n) is 3.92. The first kappa shape index (κ1) is 16.8. The average molecular weight is 307 g/mol. The zero-order chi connectivity index (χ0) is 15.9. The number of methoxy groups -OCH3 is 1. The second-order valence-corrected chi connectivity index (χ2v) is 5.71. The zero-order valence-electron chi connectivity index (χ0n) is 13.4. The highest BCUT2D eigenvalue weighted by atomic mass is 16.5. The molecule has 1 heterocycles. The van der Waals surface area contributed by atoms with Crippen molar-refractivity contribution in [2.24, 2.45) is 0 Å². The van der Waals surface area contributed by atoms with Crippen molar-refractivity contribution in [3.63, 3.8) is 0 Å². The predicted molar refractivity (Wildman–Crippen MR) is 84.5 cm³/mol. The number of aromatic carboxylic acids is 1. The molecule has 0 aromatic heterocycles. The number of carbonyl (C=O) groups is 1. The quantitative estimate of drug-likeness (QED) is 0.839. The Morgan fingerprint density at radius 2 is 2.27 bits per heavy atom. The summed E-state index contributed by atoms with van der Waals surface area (Å²) in [6, 6.07) is 5.37. The normalized spacial score (nSPS) is 19.1. The van der Waals surface area contributed by atoms with Crippen molar-refractivity contribution in [2.75, 3.05) is 26.8 Å². The van der Waals surface area contributed by atoms with Crippen LogP contribution in [0, 0.1) is 0 Å². The number of hydrogen-bond acceptors (Lipinski definition) is 4. The van der Waals surface area contributed by atoms with E-state index in [4.69, 9.17) is 9.47 Å². The van der Waals surface area contributed by atoms with E-state index >= 15 is 0 Å². The van der Waals surface area contributed by atoms with Crippen LogP contribution in [0.1, 0.15) is 42.1 Å². The molecule has 0 radical (unpaired) electrons. The van der Waals surface area contributed by atoms with Gasteiger partial charge in [0.25, 0.3) is 0 Å². The molecule has 1 aromatic carbocycles. The Labute approximate surface area is 131 Å².